The van der Waals surface area contributed by atoms with Gasteiger partial charge in [0.2, 0.25) is 5.75 Å². The minimum absolute atomic E-state index is 0.0162. The highest BCUT2D eigenvalue weighted by atomic mass is 16.5. The van der Waals surface area contributed by atoms with E-state index < -0.39 is 0 Å². The number of nitrogens with one attached hydrogen (secondary N) is 2. The SMILES string of the molecule is CN=C(NCc1cc(OC)c(OC)c(OC)c1)NCC(C)(C)N1CCc2ccccc2C1. The molecule has 0 aliphatic carbocycles. The molecule has 0 unspecified atom stereocenters. The second kappa shape index (κ2) is 10.6. The number of guanidine groups is 1. The molecule has 1 aliphatic rings. The van der Waals surface area contributed by atoms with Crippen LogP contribution in [0.15, 0.2) is 41.4 Å². The van der Waals surface area contributed by atoms with E-state index in [1.165, 1.54) is 11.1 Å². The van der Waals surface area contributed by atoms with E-state index in [0.717, 1.165) is 37.6 Å². The average Bonchev–Trinajstić information content (AvgIpc) is 2.82. The molecule has 2 aromatic rings. The van der Waals surface area contributed by atoms with Gasteiger partial charge in [-0.15, -0.1) is 0 Å². The molecule has 0 radical (unpaired) electrons. The van der Waals surface area contributed by atoms with Crippen LogP contribution >= 0.6 is 0 Å². The molecule has 2 N–H and O–H groups in total. The molecular formula is C25H36N4O3. The molecule has 0 spiro atoms. The number of aliphatic imine (C=N–C) groups is 1. The van der Waals surface area contributed by atoms with Gasteiger partial charge in [0.05, 0.1) is 21.3 Å². The van der Waals surface area contributed by atoms with Crippen molar-refractivity contribution in [1.82, 2.24) is 15.5 Å². The molecule has 1 heterocycles. The van der Waals surface area contributed by atoms with Gasteiger partial charge in [0.1, 0.15) is 0 Å². The van der Waals surface area contributed by atoms with Gasteiger partial charge >= 0.3 is 0 Å². The first-order valence-corrected chi connectivity index (χ1v) is 11.0. The van der Waals surface area contributed by atoms with E-state index in [2.05, 4.69) is 58.6 Å². The van der Waals surface area contributed by atoms with E-state index in [4.69, 9.17) is 14.2 Å². The summed E-state index contributed by atoms with van der Waals surface area (Å²) in [7, 11) is 6.63. The molecule has 7 heteroatoms. The molecule has 2 aromatic carbocycles. The van der Waals surface area contributed by atoms with E-state index in [0.29, 0.717) is 23.8 Å². The summed E-state index contributed by atoms with van der Waals surface area (Å²) in [4.78, 5) is 6.93. The van der Waals surface area contributed by atoms with Gasteiger partial charge in [-0.25, -0.2) is 0 Å². The van der Waals surface area contributed by atoms with Crippen LogP contribution in [0.4, 0.5) is 0 Å². The molecule has 7 nitrogen and oxygen atoms in total. The van der Waals surface area contributed by atoms with Gasteiger partial charge < -0.3 is 24.8 Å². The molecule has 174 valence electrons. The highest BCUT2D eigenvalue weighted by Gasteiger charge is 2.29. The minimum Gasteiger partial charge on any atom is -0.493 e. The Balaban J connectivity index is 1.59. The van der Waals surface area contributed by atoms with Crippen molar-refractivity contribution < 1.29 is 14.2 Å². The fraction of sp³-hybridized carbons (Fsp3) is 0.480. The third kappa shape index (κ3) is 5.46. The molecule has 0 amide bonds. The Morgan fingerprint density at radius 3 is 2.25 bits per heavy atom. The van der Waals surface area contributed by atoms with Gasteiger partial charge in [-0.05, 0) is 49.1 Å². The van der Waals surface area contributed by atoms with E-state index in [1.54, 1.807) is 28.4 Å². The fourth-order valence-electron chi connectivity index (χ4n) is 4.07. The van der Waals surface area contributed by atoms with Crippen LogP contribution in [0.1, 0.15) is 30.5 Å². The molecule has 3 rings (SSSR count). The first kappa shape index (κ1) is 23.7. The standard InChI is InChI=1S/C25H36N4O3/c1-25(2,29-12-11-19-9-7-8-10-20(19)16-29)17-28-24(26-3)27-15-18-13-21(30-4)23(32-6)22(14-18)31-5/h7-10,13-14H,11-12,15-17H2,1-6H3,(H2,26,27,28). The second-order valence-corrected chi connectivity index (χ2v) is 8.57. The monoisotopic (exact) mass is 440 g/mol. The van der Waals surface area contributed by atoms with Gasteiger partial charge in [0.15, 0.2) is 17.5 Å². The van der Waals surface area contributed by atoms with Crippen LogP contribution in [-0.4, -0.2) is 57.9 Å². The summed E-state index contributed by atoms with van der Waals surface area (Å²) >= 11 is 0. The molecule has 0 fully saturated rings. The molecule has 0 aromatic heterocycles. The average molecular weight is 441 g/mol. The van der Waals surface area contributed by atoms with Gasteiger partial charge in [0.25, 0.3) is 0 Å². The number of nitrogens with zero attached hydrogens (tertiary/aromatic N) is 2. The lowest BCUT2D eigenvalue weighted by atomic mass is 9.94. The van der Waals surface area contributed by atoms with Crippen molar-refractivity contribution in [1.29, 1.82) is 0 Å². The van der Waals surface area contributed by atoms with Crippen LogP contribution in [0, 0.1) is 0 Å². The number of hydrogen-bond acceptors (Lipinski definition) is 5. The Kier molecular flexibility index (Phi) is 7.85. The third-order valence-corrected chi connectivity index (χ3v) is 6.08. The number of hydrogen-bond donors (Lipinski definition) is 2. The van der Waals surface area contributed by atoms with Crippen LogP contribution in [0.2, 0.25) is 0 Å². The lowest BCUT2D eigenvalue weighted by Crippen LogP contribution is -2.54. The summed E-state index contributed by atoms with van der Waals surface area (Å²) in [6.07, 6.45) is 1.09. The zero-order valence-electron chi connectivity index (χ0n) is 20.1. The zero-order chi connectivity index (χ0) is 23.1. The molecule has 32 heavy (non-hydrogen) atoms. The predicted octanol–water partition coefficient (Wildman–Crippen LogP) is 3.21. The normalized spacial score (nSPS) is 14.5. The molecule has 1 aliphatic heterocycles. The van der Waals surface area contributed by atoms with Gasteiger partial charge in [-0.1, -0.05) is 24.3 Å². The van der Waals surface area contributed by atoms with Crippen LogP contribution in [0.3, 0.4) is 0 Å². The predicted molar refractivity (Wildman–Crippen MR) is 129 cm³/mol. The van der Waals surface area contributed by atoms with Crippen molar-refractivity contribution >= 4 is 5.96 Å². The number of methoxy groups -OCH3 is 3. The van der Waals surface area contributed by atoms with Crippen molar-refractivity contribution in [2.75, 3.05) is 41.5 Å². The van der Waals surface area contributed by atoms with E-state index in [-0.39, 0.29) is 5.54 Å². The molecular weight excluding hydrogens is 404 g/mol. The lowest BCUT2D eigenvalue weighted by molar-refractivity contribution is 0.107. The number of benzene rings is 2. The van der Waals surface area contributed by atoms with Crippen molar-refractivity contribution in [3.63, 3.8) is 0 Å². The maximum Gasteiger partial charge on any atom is 0.203 e. The fourth-order valence-corrected chi connectivity index (χ4v) is 4.07. The van der Waals surface area contributed by atoms with Gasteiger partial charge in [-0.2, -0.15) is 0 Å². The Morgan fingerprint density at radius 1 is 1.00 bits per heavy atom. The molecule has 0 bridgehead atoms. The van der Waals surface area contributed by atoms with Crippen LogP contribution < -0.4 is 24.8 Å². The third-order valence-electron chi connectivity index (χ3n) is 6.08. The van der Waals surface area contributed by atoms with E-state index >= 15 is 0 Å². The Hall–Kier alpha value is -2.93. The highest BCUT2D eigenvalue weighted by Crippen LogP contribution is 2.38. The summed E-state index contributed by atoms with van der Waals surface area (Å²) in [6.45, 7) is 7.95. The number of ether oxygens (including phenoxy) is 3. The van der Waals surface area contributed by atoms with Crippen LogP contribution in [0.25, 0.3) is 0 Å². The Morgan fingerprint density at radius 2 is 1.66 bits per heavy atom. The highest BCUT2D eigenvalue weighted by molar-refractivity contribution is 5.79. The summed E-state index contributed by atoms with van der Waals surface area (Å²) in [5.41, 5.74) is 3.89. The zero-order valence-corrected chi connectivity index (χ0v) is 20.1. The Labute approximate surface area is 191 Å². The van der Waals surface area contributed by atoms with Crippen molar-refractivity contribution in [3.05, 3.63) is 53.1 Å². The second-order valence-electron chi connectivity index (χ2n) is 8.57. The van der Waals surface area contributed by atoms with Crippen molar-refractivity contribution in [3.8, 4) is 17.2 Å². The molecule has 0 saturated heterocycles. The van der Waals surface area contributed by atoms with Gasteiger partial charge in [0, 0.05) is 38.8 Å². The minimum atomic E-state index is -0.0162. The molecule has 0 atom stereocenters. The first-order chi connectivity index (χ1) is 15.4. The summed E-state index contributed by atoms with van der Waals surface area (Å²) < 4.78 is 16.3. The van der Waals surface area contributed by atoms with Crippen LogP contribution in [-0.2, 0) is 19.5 Å². The first-order valence-electron chi connectivity index (χ1n) is 11.0. The van der Waals surface area contributed by atoms with Crippen molar-refractivity contribution in [2.24, 2.45) is 4.99 Å². The number of rotatable bonds is 8. The van der Waals surface area contributed by atoms with Gasteiger partial charge in [-0.3, -0.25) is 9.89 Å². The van der Waals surface area contributed by atoms with E-state index in [1.807, 2.05) is 12.1 Å². The number of fused-ring (bicyclic) bond motifs is 1. The van der Waals surface area contributed by atoms with E-state index in [9.17, 15) is 0 Å². The van der Waals surface area contributed by atoms with Crippen molar-refractivity contribution in [2.45, 2.75) is 38.9 Å². The summed E-state index contributed by atoms with van der Waals surface area (Å²) in [5, 5.41) is 6.88. The maximum atomic E-state index is 5.45. The lowest BCUT2D eigenvalue weighted by Gasteiger charge is -2.42. The maximum absolute atomic E-state index is 5.45. The molecule has 0 saturated carbocycles. The summed E-state index contributed by atoms with van der Waals surface area (Å²) in [5.74, 6) is 2.62. The quantitative estimate of drug-likeness (QED) is 0.485. The van der Waals surface area contributed by atoms with Crippen LogP contribution in [0.5, 0.6) is 17.2 Å². The smallest absolute Gasteiger partial charge is 0.203 e. The summed E-state index contributed by atoms with van der Waals surface area (Å²) in [6, 6.07) is 12.6. The Bertz CT molecular complexity index is 918. The largest absolute Gasteiger partial charge is 0.493 e. The topological polar surface area (TPSA) is 67.4 Å².